The van der Waals surface area contributed by atoms with E-state index in [2.05, 4.69) is 9.97 Å². The molecule has 0 fully saturated rings. The molecule has 2 rings (SSSR count). The summed E-state index contributed by atoms with van der Waals surface area (Å²) in [5.41, 5.74) is 7.39. The van der Waals surface area contributed by atoms with E-state index in [1.165, 1.54) is 18.0 Å². The third-order valence-electron chi connectivity index (χ3n) is 2.26. The van der Waals surface area contributed by atoms with Crippen LogP contribution in [0.15, 0.2) is 41.7 Å². The van der Waals surface area contributed by atoms with Crippen LogP contribution in [0.5, 0.6) is 0 Å². The van der Waals surface area contributed by atoms with Gasteiger partial charge in [0.1, 0.15) is 0 Å². The van der Waals surface area contributed by atoms with E-state index in [1.807, 2.05) is 6.07 Å². The third kappa shape index (κ3) is 2.98. The van der Waals surface area contributed by atoms with E-state index in [0.717, 1.165) is 10.6 Å². The van der Waals surface area contributed by atoms with Crippen molar-refractivity contribution >= 4 is 23.4 Å². The number of thioether (sulfide) groups is 1. The van der Waals surface area contributed by atoms with Crippen molar-refractivity contribution in [2.45, 2.75) is 10.6 Å². The highest BCUT2D eigenvalue weighted by molar-refractivity contribution is 7.98. The van der Waals surface area contributed by atoms with Gasteiger partial charge >= 0.3 is 5.97 Å². The van der Waals surface area contributed by atoms with E-state index < -0.39 is 5.97 Å². The van der Waals surface area contributed by atoms with Gasteiger partial charge in [0.15, 0.2) is 0 Å². The summed E-state index contributed by atoms with van der Waals surface area (Å²) in [6, 6.07) is 5.08. The number of hydrogen-bond donors (Lipinski definition) is 2. The highest BCUT2D eigenvalue weighted by atomic mass is 32.2. The van der Waals surface area contributed by atoms with Crippen LogP contribution >= 0.6 is 11.8 Å². The second-order valence-corrected chi connectivity index (χ2v) is 4.56. The van der Waals surface area contributed by atoms with Gasteiger partial charge in [-0.3, -0.25) is 9.97 Å². The van der Waals surface area contributed by atoms with Gasteiger partial charge < -0.3 is 10.8 Å². The lowest BCUT2D eigenvalue weighted by Gasteiger charge is -2.04. The van der Waals surface area contributed by atoms with Gasteiger partial charge in [0.05, 0.1) is 23.1 Å². The number of aromatic nitrogens is 2. The van der Waals surface area contributed by atoms with Gasteiger partial charge in [-0.25, -0.2) is 4.79 Å². The summed E-state index contributed by atoms with van der Waals surface area (Å²) < 4.78 is 0. The van der Waals surface area contributed by atoms with Crippen LogP contribution in [-0.4, -0.2) is 21.0 Å². The molecule has 2 aromatic heterocycles. The molecule has 3 N–H and O–H groups in total. The van der Waals surface area contributed by atoms with Crippen LogP contribution in [0.25, 0.3) is 0 Å². The smallest absolute Gasteiger partial charge is 0.337 e. The number of anilines is 1. The van der Waals surface area contributed by atoms with Crippen LogP contribution in [0, 0.1) is 0 Å². The number of hydrogen-bond acceptors (Lipinski definition) is 5. The molecule has 0 amide bonds. The van der Waals surface area contributed by atoms with Crippen LogP contribution in [0.3, 0.4) is 0 Å². The lowest BCUT2D eigenvalue weighted by molar-refractivity contribution is 0.0696. The van der Waals surface area contributed by atoms with Crippen molar-refractivity contribution in [1.29, 1.82) is 0 Å². The molecule has 2 heterocycles. The summed E-state index contributed by atoms with van der Waals surface area (Å²) in [6.45, 7) is 0. The predicted octanol–water partition coefficient (Wildman–Crippen LogP) is 2.05. The number of carboxylic acids is 1. The lowest BCUT2D eigenvalue weighted by atomic mass is 10.2. The monoisotopic (exact) mass is 261 g/mol. The number of rotatable bonds is 4. The Kier molecular flexibility index (Phi) is 3.78. The zero-order valence-corrected chi connectivity index (χ0v) is 10.2. The normalized spacial score (nSPS) is 10.2. The highest BCUT2D eigenvalue weighted by Gasteiger charge is 2.04. The topological polar surface area (TPSA) is 89.1 Å². The molecule has 0 aliphatic carbocycles. The molecule has 2 aromatic rings. The summed E-state index contributed by atoms with van der Waals surface area (Å²) in [7, 11) is 0. The van der Waals surface area contributed by atoms with Gasteiger partial charge in [-0.1, -0.05) is 0 Å². The minimum Gasteiger partial charge on any atom is -0.478 e. The summed E-state index contributed by atoms with van der Waals surface area (Å²) in [5, 5.41) is 8.75. The average molecular weight is 261 g/mol. The maximum atomic E-state index is 10.7. The van der Waals surface area contributed by atoms with Gasteiger partial charge in [-0.2, -0.15) is 0 Å². The van der Waals surface area contributed by atoms with Crippen molar-refractivity contribution < 1.29 is 9.90 Å². The molecule has 92 valence electrons. The number of nitrogen functional groups attached to an aromatic ring is 1. The molecule has 0 bridgehead atoms. The van der Waals surface area contributed by atoms with Gasteiger partial charge in [0.2, 0.25) is 0 Å². The Balaban J connectivity index is 2.02. The Morgan fingerprint density at radius 1 is 1.33 bits per heavy atom. The van der Waals surface area contributed by atoms with Crippen molar-refractivity contribution in [3.63, 3.8) is 0 Å². The molecule has 6 heteroatoms. The van der Waals surface area contributed by atoms with Gasteiger partial charge in [0.25, 0.3) is 0 Å². The molecule has 0 atom stereocenters. The molecule has 5 nitrogen and oxygen atoms in total. The quantitative estimate of drug-likeness (QED) is 0.819. The SMILES string of the molecule is Nc1cnccc1SCc1ccc(C(=O)O)cn1. The highest BCUT2D eigenvalue weighted by Crippen LogP contribution is 2.26. The van der Waals surface area contributed by atoms with E-state index in [4.69, 9.17) is 10.8 Å². The Bertz CT molecular complexity index is 558. The van der Waals surface area contributed by atoms with Crippen LogP contribution in [0.4, 0.5) is 5.69 Å². The summed E-state index contributed by atoms with van der Waals surface area (Å²) in [4.78, 5) is 19.6. The number of carboxylic acid groups (broad SMARTS) is 1. The molecule has 0 aliphatic rings. The van der Waals surface area contributed by atoms with Gasteiger partial charge in [-0.05, 0) is 18.2 Å². The number of pyridine rings is 2. The van der Waals surface area contributed by atoms with Crippen molar-refractivity contribution in [2.75, 3.05) is 5.73 Å². The van der Waals surface area contributed by atoms with Gasteiger partial charge in [-0.15, -0.1) is 11.8 Å². The first-order valence-electron chi connectivity index (χ1n) is 5.17. The maximum Gasteiger partial charge on any atom is 0.337 e. The Hall–Kier alpha value is -2.08. The van der Waals surface area contributed by atoms with E-state index >= 15 is 0 Å². The van der Waals surface area contributed by atoms with Crippen LogP contribution in [-0.2, 0) is 5.75 Å². The Morgan fingerprint density at radius 2 is 2.17 bits per heavy atom. The van der Waals surface area contributed by atoms with Crippen molar-refractivity contribution in [3.8, 4) is 0 Å². The number of nitrogens with two attached hydrogens (primary N) is 1. The van der Waals surface area contributed by atoms with E-state index in [9.17, 15) is 4.79 Å². The molecule has 0 spiro atoms. The zero-order valence-electron chi connectivity index (χ0n) is 9.41. The predicted molar refractivity (Wildman–Crippen MR) is 69.4 cm³/mol. The molecule has 18 heavy (non-hydrogen) atoms. The lowest BCUT2D eigenvalue weighted by Crippen LogP contribution is -1.98. The molecule has 0 aromatic carbocycles. The fraction of sp³-hybridized carbons (Fsp3) is 0.0833. The summed E-state index contributed by atoms with van der Waals surface area (Å²) >= 11 is 1.54. The second kappa shape index (κ2) is 5.50. The van der Waals surface area contributed by atoms with E-state index in [0.29, 0.717) is 11.4 Å². The molecular formula is C12H11N3O2S. The van der Waals surface area contributed by atoms with Crippen LogP contribution < -0.4 is 5.73 Å². The second-order valence-electron chi connectivity index (χ2n) is 3.55. The molecule has 0 radical (unpaired) electrons. The van der Waals surface area contributed by atoms with Crippen LogP contribution in [0.2, 0.25) is 0 Å². The standard InChI is InChI=1S/C12H11N3O2S/c13-10-6-14-4-3-11(10)18-7-9-2-1-8(5-15-9)12(16)17/h1-6H,7,13H2,(H,16,17). The molecular weight excluding hydrogens is 250 g/mol. The van der Waals surface area contributed by atoms with E-state index in [-0.39, 0.29) is 5.56 Å². The first kappa shape index (κ1) is 12.4. The fourth-order valence-corrected chi connectivity index (χ4v) is 2.16. The van der Waals surface area contributed by atoms with Crippen molar-refractivity contribution in [3.05, 3.63) is 48.0 Å². The molecule has 0 unspecified atom stereocenters. The van der Waals surface area contributed by atoms with Crippen LogP contribution in [0.1, 0.15) is 16.1 Å². The number of carbonyl (C=O) groups is 1. The summed E-state index contributed by atoms with van der Waals surface area (Å²) in [6.07, 6.45) is 4.64. The zero-order chi connectivity index (χ0) is 13.0. The van der Waals surface area contributed by atoms with Crippen molar-refractivity contribution in [1.82, 2.24) is 9.97 Å². The minimum atomic E-state index is -0.972. The van der Waals surface area contributed by atoms with E-state index in [1.54, 1.807) is 24.5 Å². The van der Waals surface area contributed by atoms with Crippen molar-refractivity contribution in [2.24, 2.45) is 0 Å². The Morgan fingerprint density at radius 3 is 2.78 bits per heavy atom. The van der Waals surface area contributed by atoms with Gasteiger partial charge in [0, 0.05) is 23.0 Å². The fourth-order valence-electron chi connectivity index (χ4n) is 1.31. The molecule has 0 saturated heterocycles. The minimum absolute atomic E-state index is 0.187. The first-order chi connectivity index (χ1) is 8.66. The first-order valence-corrected chi connectivity index (χ1v) is 6.16. The molecule has 0 saturated carbocycles. The number of aromatic carboxylic acids is 1. The molecule has 0 aliphatic heterocycles. The summed E-state index contributed by atoms with van der Waals surface area (Å²) in [5.74, 6) is -0.339. The third-order valence-corrected chi connectivity index (χ3v) is 3.38. The Labute approximate surface area is 108 Å². The average Bonchev–Trinajstić information content (AvgIpc) is 2.38. The number of nitrogens with zero attached hydrogens (tertiary/aromatic N) is 2. The maximum absolute atomic E-state index is 10.7. The largest absolute Gasteiger partial charge is 0.478 e.